The van der Waals surface area contributed by atoms with Gasteiger partial charge in [0.25, 0.3) is 5.91 Å². The standard InChI is InChI=1S/C12H22N2O2/c1-3-5-12(13)8-14(9-12)10(15)11(2)6-4-7-16-11/h3-9,13H2,1-2H3. The summed E-state index contributed by atoms with van der Waals surface area (Å²) in [5, 5.41) is 0. The van der Waals surface area contributed by atoms with E-state index in [-0.39, 0.29) is 11.4 Å². The number of likely N-dealkylation sites (tertiary alicyclic amines) is 1. The number of carbonyl (C=O) groups is 1. The first-order valence-electron chi connectivity index (χ1n) is 6.21. The van der Waals surface area contributed by atoms with Crippen LogP contribution in [0.25, 0.3) is 0 Å². The Balaban J connectivity index is 1.90. The molecule has 2 saturated heterocycles. The van der Waals surface area contributed by atoms with Crippen LogP contribution in [-0.4, -0.2) is 41.6 Å². The lowest BCUT2D eigenvalue weighted by molar-refractivity contribution is -0.159. The highest BCUT2D eigenvalue weighted by molar-refractivity contribution is 5.86. The summed E-state index contributed by atoms with van der Waals surface area (Å²) in [7, 11) is 0. The maximum atomic E-state index is 12.2. The van der Waals surface area contributed by atoms with Gasteiger partial charge in [-0.1, -0.05) is 13.3 Å². The normalized spacial score (nSPS) is 32.6. The summed E-state index contributed by atoms with van der Waals surface area (Å²) in [5.74, 6) is 0.127. The van der Waals surface area contributed by atoms with Gasteiger partial charge in [-0.25, -0.2) is 0 Å². The van der Waals surface area contributed by atoms with Crippen molar-refractivity contribution in [3.05, 3.63) is 0 Å². The minimum Gasteiger partial charge on any atom is -0.365 e. The second-order valence-corrected chi connectivity index (χ2v) is 5.46. The van der Waals surface area contributed by atoms with Crippen LogP contribution in [0.15, 0.2) is 0 Å². The molecule has 0 aromatic heterocycles. The van der Waals surface area contributed by atoms with E-state index in [9.17, 15) is 4.79 Å². The van der Waals surface area contributed by atoms with Crippen molar-refractivity contribution in [3.8, 4) is 0 Å². The van der Waals surface area contributed by atoms with Crippen LogP contribution in [-0.2, 0) is 9.53 Å². The molecular weight excluding hydrogens is 204 g/mol. The zero-order chi connectivity index (χ0) is 11.8. The fourth-order valence-electron chi connectivity index (χ4n) is 2.80. The lowest BCUT2D eigenvalue weighted by atomic mass is 9.84. The third kappa shape index (κ3) is 1.96. The largest absolute Gasteiger partial charge is 0.365 e. The van der Waals surface area contributed by atoms with Crippen LogP contribution in [0.4, 0.5) is 0 Å². The minimum absolute atomic E-state index is 0.127. The van der Waals surface area contributed by atoms with Gasteiger partial charge in [0.1, 0.15) is 5.60 Å². The van der Waals surface area contributed by atoms with Gasteiger partial charge in [-0.2, -0.15) is 0 Å². The Bertz CT molecular complexity index is 279. The first kappa shape index (κ1) is 11.9. The van der Waals surface area contributed by atoms with Gasteiger partial charge in [0.2, 0.25) is 0 Å². The van der Waals surface area contributed by atoms with Gasteiger partial charge in [0.05, 0.1) is 5.54 Å². The summed E-state index contributed by atoms with van der Waals surface area (Å²) in [6.45, 7) is 6.12. The van der Waals surface area contributed by atoms with Crippen molar-refractivity contribution in [2.24, 2.45) is 5.73 Å². The predicted molar refractivity (Wildman–Crippen MR) is 62.0 cm³/mol. The topological polar surface area (TPSA) is 55.6 Å². The van der Waals surface area contributed by atoms with Crippen LogP contribution < -0.4 is 5.73 Å². The summed E-state index contributed by atoms with van der Waals surface area (Å²) >= 11 is 0. The molecule has 2 heterocycles. The molecule has 0 saturated carbocycles. The lowest BCUT2D eigenvalue weighted by Crippen LogP contribution is -2.70. The molecule has 0 spiro atoms. The van der Waals surface area contributed by atoms with Crippen molar-refractivity contribution in [1.82, 2.24) is 4.90 Å². The molecule has 0 aromatic carbocycles. The molecule has 2 aliphatic heterocycles. The molecule has 0 bridgehead atoms. The summed E-state index contributed by atoms with van der Waals surface area (Å²) in [6.07, 6.45) is 3.90. The van der Waals surface area contributed by atoms with Gasteiger partial charge in [-0.05, 0) is 26.2 Å². The van der Waals surface area contributed by atoms with E-state index >= 15 is 0 Å². The van der Waals surface area contributed by atoms with Crippen LogP contribution in [0.5, 0.6) is 0 Å². The smallest absolute Gasteiger partial charge is 0.254 e. The molecule has 1 atom stereocenters. The highest BCUT2D eigenvalue weighted by Crippen LogP contribution is 2.32. The van der Waals surface area contributed by atoms with Crippen molar-refractivity contribution >= 4 is 5.91 Å². The number of nitrogens with zero attached hydrogens (tertiary/aromatic N) is 1. The number of rotatable bonds is 3. The molecule has 4 nitrogen and oxygen atoms in total. The maximum absolute atomic E-state index is 12.2. The van der Waals surface area contributed by atoms with Gasteiger partial charge in [-0.15, -0.1) is 0 Å². The zero-order valence-electron chi connectivity index (χ0n) is 10.3. The molecule has 1 amide bonds. The van der Waals surface area contributed by atoms with Gasteiger partial charge in [0, 0.05) is 19.7 Å². The Kier molecular flexibility index (Phi) is 2.97. The molecule has 0 aliphatic carbocycles. The maximum Gasteiger partial charge on any atom is 0.254 e. The quantitative estimate of drug-likeness (QED) is 0.777. The van der Waals surface area contributed by atoms with E-state index in [1.165, 1.54) is 0 Å². The molecule has 2 N–H and O–H groups in total. The summed E-state index contributed by atoms with van der Waals surface area (Å²) < 4.78 is 5.56. The van der Waals surface area contributed by atoms with Crippen LogP contribution in [0.3, 0.4) is 0 Å². The first-order chi connectivity index (χ1) is 7.49. The first-order valence-corrected chi connectivity index (χ1v) is 6.21. The lowest BCUT2D eigenvalue weighted by Gasteiger charge is -2.49. The Hall–Kier alpha value is -0.610. The van der Waals surface area contributed by atoms with E-state index < -0.39 is 5.60 Å². The molecule has 4 heteroatoms. The van der Waals surface area contributed by atoms with Crippen molar-refractivity contribution in [2.75, 3.05) is 19.7 Å². The van der Waals surface area contributed by atoms with Crippen molar-refractivity contribution in [1.29, 1.82) is 0 Å². The van der Waals surface area contributed by atoms with E-state index in [0.29, 0.717) is 19.7 Å². The molecule has 2 rings (SSSR count). The average Bonchev–Trinajstić information content (AvgIpc) is 2.62. The third-order valence-corrected chi connectivity index (χ3v) is 3.72. The van der Waals surface area contributed by atoms with E-state index in [1.807, 2.05) is 11.8 Å². The van der Waals surface area contributed by atoms with Crippen molar-refractivity contribution in [2.45, 2.75) is 50.7 Å². The molecular formula is C12H22N2O2. The average molecular weight is 226 g/mol. The Morgan fingerprint density at radius 3 is 2.69 bits per heavy atom. The molecule has 0 radical (unpaired) electrons. The highest BCUT2D eigenvalue weighted by Gasteiger charge is 2.48. The van der Waals surface area contributed by atoms with Crippen LogP contribution in [0.2, 0.25) is 0 Å². The summed E-state index contributed by atoms with van der Waals surface area (Å²) in [5.41, 5.74) is 5.43. The fraction of sp³-hybridized carbons (Fsp3) is 0.917. The second-order valence-electron chi connectivity index (χ2n) is 5.46. The number of carbonyl (C=O) groups excluding carboxylic acids is 1. The highest BCUT2D eigenvalue weighted by atomic mass is 16.5. The summed E-state index contributed by atoms with van der Waals surface area (Å²) in [6, 6.07) is 0. The molecule has 2 aliphatic rings. The minimum atomic E-state index is -0.576. The van der Waals surface area contributed by atoms with Crippen LogP contribution in [0, 0.1) is 0 Å². The third-order valence-electron chi connectivity index (χ3n) is 3.72. The van der Waals surface area contributed by atoms with Gasteiger partial charge >= 0.3 is 0 Å². The van der Waals surface area contributed by atoms with Crippen molar-refractivity contribution < 1.29 is 9.53 Å². The second kappa shape index (κ2) is 4.00. The molecule has 16 heavy (non-hydrogen) atoms. The van der Waals surface area contributed by atoms with Crippen LogP contribution >= 0.6 is 0 Å². The number of hydrogen-bond donors (Lipinski definition) is 1. The molecule has 2 fully saturated rings. The van der Waals surface area contributed by atoms with Crippen molar-refractivity contribution in [3.63, 3.8) is 0 Å². The molecule has 0 aromatic rings. The predicted octanol–water partition coefficient (Wildman–Crippen LogP) is 0.895. The van der Waals surface area contributed by atoms with Gasteiger partial charge in [-0.3, -0.25) is 4.79 Å². The van der Waals surface area contributed by atoms with E-state index in [4.69, 9.17) is 10.5 Å². The SMILES string of the molecule is CCCC1(N)CN(C(=O)C2(C)CCCO2)C1. The van der Waals surface area contributed by atoms with E-state index in [2.05, 4.69) is 6.92 Å². The van der Waals surface area contributed by atoms with E-state index in [1.54, 1.807) is 0 Å². The van der Waals surface area contributed by atoms with Gasteiger partial charge in [0.15, 0.2) is 0 Å². The fourth-order valence-corrected chi connectivity index (χ4v) is 2.80. The molecule has 92 valence electrons. The number of amides is 1. The summed E-state index contributed by atoms with van der Waals surface area (Å²) in [4.78, 5) is 14.0. The molecule has 1 unspecified atom stereocenters. The van der Waals surface area contributed by atoms with Crippen LogP contribution in [0.1, 0.15) is 39.5 Å². The monoisotopic (exact) mass is 226 g/mol. The Morgan fingerprint density at radius 1 is 1.50 bits per heavy atom. The Labute approximate surface area is 97.1 Å². The zero-order valence-corrected chi connectivity index (χ0v) is 10.3. The Morgan fingerprint density at radius 2 is 2.19 bits per heavy atom. The number of ether oxygens (including phenoxy) is 1. The van der Waals surface area contributed by atoms with Gasteiger partial charge < -0.3 is 15.4 Å². The number of hydrogen-bond acceptors (Lipinski definition) is 3. The number of nitrogens with two attached hydrogens (primary N) is 1. The van der Waals surface area contributed by atoms with E-state index in [0.717, 1.165) is 25.7 Å².